The molecule has 2 N–H and O–H groups in total. The van der Waals surface area contributed by atoms with Crippen LogP contribution < -0.4 is 10.5 Å². The molecule has 0 saturated carbocycles. The van der Waals surface area contributed by atoms with Gasteiger partial charge in [0, 0.05) is 15.6 Å². The van der Waals surface area contributed by atoms with Gasteiger partial charge in [-0.15, -0.1) is 0 Å². The summed E-state index contributed by atoms with van der Waals surface area (Å²) in [5.74, 6) is 1.30. The molecule has 0 bridgehead atoms. The first kappa shape index (κ1) is 15.4. The van der Waals surface area contributed by atoms with Gasteiger partial charge in [-0.2, -0.15) is 0 Å². The summed E-state index contributed by atoms with van der Waals surface area (Å²) >= 11 is 7.04. The summed E-state index contributed by atoms with van der Waals surface area (Å²) in [6.45, 7) is 2.06. The topological polar surface area (TPSA) is 61.3 Å². The van der Waals surface area contributed by atoms with E-state index in [1.807, 2.05) is 24.3 Å². The molecular formula is C16H14Br2N2O2. The van der Waals surface area contributed by atoms with Crippen molar-refractivity contribution in [1.29, 1.82) is 0 Å². The molecule has 4 nitrogen and oxygen atoms in total. The van der Waals surface area contributed by atoms with Crippen LogP contribution in [0.3, 0.4) is 0 Å². The van der Waals surface area contributed by atoms with Crippen LogP contribution in [0, 0.1) is 0 Å². The maximum absolute atomic E-state index is 6.12. The number of methoxy groups -OCH3 is 1. The number of hydrogen-bond acceptors (Lipinski definition) is 4. The van der Waals surface area contributed by atoms with Crippen LogP contribution >= 0.6 is 31.9 Å². The van der Waals surface area contributed by atoms with Gasteiger partial charge in [-0.3, -0.25) is 0 Å². The number of fused-ring (bicyclic) bond motifs is 1. The highest BCUT2D eigenvalue weighted by atomic mass is 79.9. The van der Waals surface area contributed by atoms with E-state index in [4.69, 9.17) is 14.9 Å². The first-order valence-electron chi connectivity index (χ1n) is 6.77. The number of aryl methyl sites for hydroxylation is 1. The Hall–Kier alpha value is -1.53. The van der Waals surface area contributed by atoms with Crippen LogP contribution in [-0.4, -0.2) is 12.1 Å². The Kier molecular flexibility index (Phi) is 4.14. The van der Waals surface area contributed by atoms with Gasteiger partial charge in [-0.05, 0) is 56.5 Å². The van der Waals surface area contributed by atoms with Crippen molar-refractivity contribution >= 4 is 48.6 Å². The molecule has 0 amide bonds. The number of ether oxygens (including phenoxy) is 1. The Morgan fingerprint density at radius 2 is 2.05 bits per heavy atom. The van der Waals surface area contributed by atoms with Gasteiger partial charge >= 0.3 is 0 Å². The second kappa shape index (κ2) is 5.93. The molecule has 114 valence electrons. The molecule has 3 aromatic rings. The molecule has 0 saturated heterocycles. The lowest BCUT2D eigenvalue weighted by molar-refractivity contribution is 0.415. The molecule has 0 aliphatic rings. The third-order valence-electron chi connectivity index (χ3n) is 3.52. The monoisotopic (exact) mass is 424 g/mol. The highest BCUT2D eigenvalue weighted by molar-refractivity contribution is 9.11. The highest BCUT2D eigenvalue weighted by Gasteiger charge is 2.20. The van der Waals surface area contributed by atoms with Gasteiger partial charge in [0.1, 0.15) is 11.3 Å². The second-order valence-electron chi connectivity index (χ2n) is 4.80. The van der Waals surface area contributed by atoms with E-state index in [-0.39, 0.29) is 0 Å². The molecule has 6 heteroatoms. The van der Waals surface area contributed by atoms with Gasteiger partial charge in [-0.1, -0.05) is 13.0 Å². The maximum atomic E-state index is 6.12. The summed E-state index contributed by atoms with van der Waals surface area (Å²) in [6.07, 6.45) is 0.793. The van der Waals surface area contributed by atoms with Crippen LogP contribution in [0.25, 0.3) is 22.6 Å². The Morgan fingerprint density at radius 3 is 2.73 bits per heavy atom. The van der Waals surface area contributed by atoms with Crippen molar-refractivity contribution in [1.82, 2.24) is 4.98 Å². The number of rotatable bonds is 3. The number of nitrogens with zero attached hydrogens (tertiary/aromatic N) is 1. The molecular weight excluding hydrogens is 412 g/mol. The Bertz CT molecular complexity index is 859. The quantitative estimate of drug-likeness (QED) is 0.587. The summed E-state index contributed by atoms with van der Waals surface area (Å²) in [5, 5.41) is 0. The summed E-state index contributed by atoms with van der Waals surface area (Å²) in [4.78, 5) is 4.60. The van der Waals surface area contributed by atoms with Gasteiger partial charge in [0.15, 0.2) is 5.58 Å². The number of anilines is 1. The third-order valence-corrected chi connectivity index (χ3v) is 5.23. The normalized spacial score (nSPS) is 11.1. The average Bonchev–Trinajstić information content (AvgIpc) is 2.98. The number of benzene rings is 2. The number of halogens is 2. The van der Waals surface area contributed by atoms with Crippen molar-refractivity contribution < 1.29 is 9.15 Å². The maximum Gasteiger partial charge on any atom is 0.227 e. The van der Waals surface area contributed by atoms with Crippen molar-refractivity contribution in [2.75, 3.05) is 12.8 Å². The number of hydrogen-bond donors (Lipinski definition) is 1. The standard InChI is InChI=1S/C16H14Br2N2O2/c1-3-10-11(17)13(19)12(18)14-15(10)22-16(20-14)8-5-4-6-9(7-8)21-2/h4-7H,3,19H2,1-2H3. The minimum absolute atomic E-state index is 0.543. The van der Waals surface area contributed by atoms with E-state index in [0.29, 0.717) is 11.6 Å². The van der Waals surface area contributed by atoms with Crippen molar-refractivity contribution in [2.24, 2.45) is 0 Å². The molecule has 0 aliphatic heterocycles. The lowest BCUT2D eigenvalue weighted by Gasteiger charge is -2.07. The predicted molar refractivity (Wildman–Crippen MR) is 95.2 cm³/mol. The fourth-order valence-corrected chi connectivity index (χ4v) is 3.75. The zero-order valence-corrected chi connectivity index (χ0v) is 15.3. The third kappa shape index (κ3) is 2.40. The lowest BCUT2D eigenvalue weighted by Crippen LogP contribution is -1.94. The van der Waals surface area contributed by atoms with E-state index in [0.717, 1.165) is 43.3 Å². The van der Waals surface area contributed by atoms with Crippen LogP contribution in [0.2, 0.25) is 0 Å². The molecule has 0 spiro atoms. The van der Waals surface area contributed by atoms with Gasteiger partial charge in [0.25, 0.3) is 0 Å². The van der Waals surface area contributed by atoms with E-state index in [2.05, 4.69) is 43.8 Å². The van der Waals surface area contributed by atoms with Gasteiger partial charge in [0.05, 0.1) is 17.3 Å². The summed E-state index contributed by atoms with van der Waals surface area (Å²) in [6, 6.07) is 7.62. The predicted octanol–water partition coefficient (Wildman–Crippen LogP) is 5.17. The first-order valence-corrected chi connectivity index (χ1v) is 8.35. The van der Waals surface area contributed by atoms with E-state index in [1.165, 1.54) is 0 Å². The van der Waals surface area contributed by atoms with E-state index in [1.54, 1.807) is 7.11 Å². The molecule has 1 heterocycles. The van der Waals surface area contributed by atoms with Crippen LogP contribution in [0.1, 0.15) is 12.5 Å². The molecule has 0 fully saturated rings. The Labute approximate surface area is 144 Å². The molecule has 0 aliphatic carbocycles. The SMILES string of the molecule is CCc1c(Br)c(N)c(Br)c2nc(-c3cccc(OC)c3)oc12. The average molecular weight is 426 g/mol. The highest BCUT2D eigenvalue weighted by Crippen LogP contribution is 2.41. The Morgan fingerprint density at radius 1 is 1.27 bits per heavy atom. The van der Waals surface area contributed by atoms with Crippen molar-refractivity contribution in [3.63, 3.8) is 0 Å². The summed E-state index contributed by atoms with van der Waals surface area (Å²) in [5.41, 5.74) is 10.1. The molecule has 0 radical (unpaired) electrons. The zero-order chi connectivity index (χ0) is 15.9. The first-order chi connectivity index (χ1) is 10.6. The van der Waals surface area contributed by atoms with E-state index >= 15 is 0 Å². The van der Waals surface area contributed by atoms with Crippen LogP contribution in [-0.2, 0) is 6.42 Å². The largest absolute Gasteiger partial charge is 0.497 e. The molecule has 0 atom stereocenters. The molecule has 1 aromatic heterocycles. The molecule has 2 aromatic carbocycles. The van der Waals surface area contributed by atoms with Crippen molar-refractivity contribution in [3.8, 4) is 17.2 Å². The van der Waals surface area contributed by atoms with Crippen LogP contribution in [0.5, 0.6) is 5.75 Å². The molecule has 22 heavy (non-hydrogen) atoms. The number of nitrogens with two attached hydrogens (primary N) is 1. The lowest BCUT2D eigenvalue weighted by atomic mass is 10.1. The van der Waals surface area contributed by atoms with Gasteiger partial charge in [-0.25, -0.2) is 4.98 Å². The summed E-state index contributed by atoms with van der Waals surface area (Å²) in [7, 11) is 1.63. The van der Waals surface area contributed by atoms with Crippen molar-refractivity contribution in [2.45, 2.75) is 13.3 Å². The number of aromatic nitrogens is 1. The van der Waals surface area contributed by atoms with E-state index < -0.39 is 0 Å². The van der Waals surface area contributed by atoms with Crippen LogP contribution in [0.15, 0.2) is 37.6 Å². The molecule has 0 unspecified atom stereocenters. The second-order valence-corrected chi connectivity index (χ2v) is 6.39. The zero-order valence-electron chi connectivity index (χ0n) is 12.1. The fourth-order valence-electron chi connectivity index (χ4n) is 2.35. The minimum Gasteiger partial charge on any atom is -0.497 e. The van der Waals surface area contributed by atoms with Crippen LogP contribution in [0.4, 0.5) is 5.69 Å². The summed E-state index contributed by atoms with van der Waals surface area (Å²) < 4.78 is 12.9. The minimum atomic E-state index is 0.543. The van der Waals surface area contributed by atoms with Crippen molar-refractivity contribution in [3.05, 3.63) is 38.8 Å². The van der Waals surface area contributed by atoms with Gasteiger partial charge in [0.2, 0.25) is 5.89 Å². The smallest absolute Gasteiger partial charge is 0.227 e. The van der Waals surface area contributed by atoms with E-state index in [9.17, 15) is 0 Å². The number of oxazole rings is 1. The number of nitrogen functional groups attached to an aromatic ring is 1. The fraction of sp³-hybridized carbons (Fsp3) is 0.188. The van der Waals surface area contributed by atoms with Gasteiger partial charge < -0.3 is 14.9 Å². The Balaban J connectivity index is 2.27. The molecule has 3 rings (SSSR count).